The van der Waals surface area contributed by atoms with Crippen molar-refractivity contribution in [3.8, 4) is 5.75 Å². The fraction of sp³-hybridized carbons (Fsp3) is 0.154. The van der Waals surface area contributed by atoms with Crippen LogP contribution in [0.4, 0.5) is 15.8 Å². The van der Waals surface area contributed by atoms with Crippen molar-refractivity contribution in [1.29, 1.82) is 0 Å². The third-order valence-corrected chi connectivity index (χ3v) is 5.73. The SMILES string of the molecule is O=[N+]([O-])c1ccc(NCCNCc2c(OCc3ccccc3F)ccc3ccccc23)c(Cl)c1. The molecule has 4 aromatic rings. The van der Waals surface area contributed by atoms with Crippen LogP contribution < -0.4 is 15.4 Å². The highest BCUT2D eigenvalue weighted by atomic mass is 35.5. The summed E-state index contributed by atoms with van der Waals surface area (Å²) in [6.45, 7) is 1.86. The quantitative estimate of drug-likeness (QED) is 0.158. The number of benzene rings is 4. The van der Waals surface area contributed by atoms with Gasteiger partial charge in [-0.1, -0.05) is 60.1 Å². The monoisotopic (exact) mass is 479 g/mol. The van der Waals surface area contributed by atoms with Crippen LogP contribution in [0, 0.1) is 15.9 Å². The molecule has 174 valence electrons. The van der Waals surface area contributed by atoms with Gasteiger partial charge >= 0.3 is 0 Å². The Kier molecular flexibility index (Phi) is 7.57. The summed E-state index contributed by atoms with van der Waals surface area (Å²) in [5.41, 5.74) is 2.07. The van der Waals surface area contributed by atoms with Gasteiger partial charge in [0.2, 0.25) is 0 Å². The maximum atomic E-state index is 14.0. The average Bonchev–Trinajstić information content (AvgIpc) is 2.84. The lowest BCUT2D eigenvalue weighted by molar-refractivity contribution is -0.384. The molecule has 0 atom stereocenters. The average molecular weight is 480 g/mol. The molecule has 2 N–H and O–H groups in total. The Morgan fingerprint density at radius 2 is 1.76 bits per heavy atom. The number of anilines is 1. The molecule has 0 aliphatic rings. The number of nitro groups is 1. The van der Waals surface area contributed by atoms with Crippen molar-refractivity contribution in [2.45, 2.75) is 13.2 Å². The third kappa shape index (κ3) is 5.62. The summed E-state index contributed by atoms with van der Waals surface area (Å²) in [5.74, 6) is 0.403. The van der Waals surface area contributed by atoms with Crippen molar-refractivity contribution in [1.82, 2.24) is 5.32 Å². The van der Waals surface area contributed by atoms with Crippen LogP contribution in [0.5, 0.6) is 5.75 Å². The van der Waals surface area contributed by atoms with Crippen LogP contribution in [0.1, 0.15) is 11.1 Å². The van der Waals surface area contributed by atoms with Crippen LogP contribution in [0.15, 0.2) is 78.9 Å². The number of ether oxygens (including phenoxy) is 1. The summed E-state index contributed by atoms with van der Waals surface area (Å²) >= 11 is 6.13. The van der Waals surface area contributed by atoms with E-state index in [1.807, 2.05) is 36.4 Å². The lowest BCUT2D eigenvalue weighted by Gasteiger charge is -2.16. The molecule has 0 aliphatic heterocycles. The summed E-state index contributed by atoms with van der Waals surface area (Å²) in [6, 6.07) is 22.9. The van der Waals surface area contributed by atoms with E-state index in [9.17, 15) is 14.5 Å². The molecule has 8 heteroatoms. The molecule has 0 spiro atoms. The van der Waals surface area contributed by atoms with Gasteiger partial charge < -0.3 is 15.4 Å². The van der Waals surface area contributed by atoms with Crippen LogP contribution in [0.3, 0.4) is 0 Å². The summed E-state index contributed by atoms with van der Waals surface area (Å²) < 4.78 is 20.0. The molecule has 0 unspecified atom stereocenters. The number of fused-ring (bicyclic) bond motifs is 1. The molecular formula is C26H23ClFN3O3. The predicted octanol–water partition coefficient (Wildman–Crippen LogP) is 6.32. The molecule has 34 heavy (non-hydrogen) atoms. The van der Waals surface area contributed by atoms with Gasteiger partial charge in [0.15, 0.2) is 0 Å². The number of rotatable bonds is 10. The predicted molar refractivity (Wildman–Crippen MR) is 133 cm³/mol. The van der Waals surface area contributed by atoms with E-state index < -0.39 is 4.92 Å². The Morgan fingerprint density at radius 3 is 2.56 bits per heavy atom. The zero-order valence-electron chi connectivity index (χ0n) is 18.3. The van der Waals surface area contributed by atoms with Crippen LogP contribution in [-0.2, 0) is 13.2 Å². The molecule has 6 nitrogen and oxygen atoms in total. The van der Waals surface area contributed by atoms with Crippen LogP contribution in [0.25, 0.3) is 10.8 Å². The minimum absolute atomic E-state index is 0.0486. The Balaban J connectivity index is 1.41. The van der Waals surface area contributed by atoms with E-state index in [1.54, 1.807) is 24.3 Å². The van der Waals surface area contributed by atoms with Gasteiger partial charge in [-0.05, 0) is 29.0 Å². The maximum absolute atomic E-state index is 14.0. The van der Waals surface area contributed by atoms with E-state index >= 15 is 0 Å². The van der Waals surface area contributed by atoms with Gasteiger partial charge in [0.05, 0.1) is 15.6 Å². The number of non-ortho nitro benzene ring substituents is 1. The zero-order chi connectivity index (χ0) is 23.9. The highest BCUT2D eigenvalue weighted by molar-refractivity contribution is 6.33. The lowest BCUT2D eigenvalue weighted by atomic mass is 10.0. The molecule has 0 aromatic heterocycles. The lowest BCUT2D eigenvalue weighted by Crippen LogP contribution is -2.22. The molecular weight excluding hydrogens is 457 g/mol. The number of hydrogen-bond acceptors (Lipinski definition) is 5. The first-order chi connectivity index (χ1) is 16.5. The molecule has 0 saturated carbocycles. The Morgan fingerprint density at radius 1 is 0.971 bits per heavy atom. The van der Waals surface area contributed by atoms with Crippen LogP contribution in [-0.4, -0.2) is 18.0 Å². The molecule has 0 radical (unpaired) electrons. The van der Waals surface area contributed by atoms with Crippen molar-refractivity contribution >= 4 is 33.7 Å². The minimum Gasteiger partial charge on any atom is -0.488 e. The van der Waals surface area contributed by atoms with Gasteiger partial charge in [-0.15, -0.1) is 0 Å². The second-order valence-corrected chi connectivity index (χ2v) is 8.08. The smallest absolute Gasteiger partial charge is 0.271 e. The van der Waals surface area contributed by atoms with Gasteiger partial charge in [0.25, 0.3) is 5.69 Å². The second-order valence-electron chi connectivity index (χ2n) is 7.67. The van der Waals surface area contributed by atoms with Gasteiger partial charge in [0.1, 0.15) is 18.2 Å². The summed E-state index contributed by atoms with van der Waals surface area (Å²) in [5, 5.41) is 19.9. The van der Waals surface area contributed by atoms with E-state index in [-0.39, 0.29) is 18.1 Å². The van der Waals surface area contributed by atoms with Crippen molar-refractivity contribution in [2.75, 3.05) is 18.4 Å². The first-order valence-electron chi connectivity index (χ1n) is 10.8. The normalized spacial score (nSPS) is 10.9. The fourth-order valence-electron chi connectivity index (χ4n) is 3.66. The second kappa shape index (κ2) is 11.0. The zero-order valence-corrected chi connectivity index (χ0v) is 19.0. The largest absolute Gasteiger partial charge is 0.488 e. The molecule has 0 amide bonds. The van der Waals surface area contributed by atoms with Crippen molar-refractivity contribution in [2.24, 2.45) is 0 Å². The molecule has 0 heterocycles. The van der Waals surface area contributed by atoms with Crippen molar-refractivity contribution in [3.63, 3.8) is 0 Å². The molecule has 4 rings (SSSR count). The number of hydrogen-bond donors (Lipinski definition) is 2. The highest BCUT2D eigenvalue weighted by Crippen LogP contribution is 2.29. The molecule has 4 aromatic carbocycles. The minimum atomic E-state index is -0.479. The Labute approximate surface area is 201 Å². The maximum Gasteiger partial charge on any atom is 0.271 e. The Bertz CT molecular complexity index is 1320. The van der Waals surface area contributed by atoms with Crippen molar-refractivity contribution in [3.05, 3.63) is 111 Å². The first kappa shape index (κ1) is 23.5. The van der Waals surface area contributed by atoms with E-state index in [0.717, 1.165) is 16.3 Å². The number of nitrogens with zero attached hydrogens (tertiary/aromatic N) is 1. The number of nitrogens with one attached hydrogen (secondary N) is 2. The summed E-state index contributed by atoms with van der Waals surface area (Å²) in [6.07, 6.45) is 0. The van der Waals surface area contributed by atoms with E-state index in [4.69, 9.17) is 16.3 Å². The molecule has 0 aliphatic carbocycles. The summed E-state index contributed by atoms with van der Waals surface area (Å²) in [7, 11) is 0. The molecule has 0 bridgehead atoms. The van der Waals surface area contributed by atoms with Gasteiger partial charge in [0, 0.05) is 42.9 Å². The summed E-state index contributed by atoms with van der Waals surface area (Å²) in [4.78, 5) is 10.4. The fourth-order valence-corrected chi connectivity index (χ4v) is 3.91. The Hall–Kier alpha value is -3.68. The highest BCUT2D eigenvalue weighted by Gasteiger charge is 2.11. The van der Waals surface area contributed by atoms with Crippen LogP contribution in [0.2, 0.25) is 5.02 Å². The van der Waals surface area contributed by atoms with E-state index in [1.165, 1.54) is 18.2 Å². The van der Waals surface area contributed by atoms with Crippen LogP contribution >= 0.6 is 11.6 Å². The third-order valence-electron chi connectivity index (χ3n) is 5.42. The van der Waals surface area contributed by atoms with Crippen molar-refractivity contribution < 1.29 is 14.1 Å². The van der Waals surface area contributed by atoms with Gasteiger partial charge in [-0.3, -0.25) is 10.1 Å². The van der Waals surface area contributed by atoms with E-state index in [0.29, 0.717) is 41.7 Å². The van der Waals surface area contributed by atoms with Gasteiger partial charge in [-0.2, -0.15) is 0 Å². The molecule has 0 saturated heterocycles. The first-order valence-corrected chi connectivity index (χ1v) is 11.2. The standard InChI is InChI=1S/C26H23ClFN3O3/c27-23-15-20(31(32)33)10-11-25(23)30-14-13-29-16-22-21-7-3-1-5-18(21)9-12-26(22)34-17-19-6-2-4-8-24(19)28/h1-12,15,29-30H,13-14,16-17H2. The topological polar surface area (TPSA) is 76.4 Å². The van der Waals surface area contributed by atoms with Gasteiger partial charge in [-0.25, -0.2) is 4.39 Å². The molecule has 0 fully saturated rings. The van der Waals surface area contributed by atoms with E-state index in [2.05, 4.69) is 10.6 Å². The number of halogens is 2. The number of nitro benzene ring substituents is 1.